The van der Waals surface area contributed by atoms with Crippen molar-refractivity contribution in [2.24, 2.45) is 5.92 Å². The summed E-state index contributed by atoms with van der Waals surface area (Å²) in [6.07, 6.45) is 0.861. The van der Waals surface area contributed by atoms with Gasteiger partial charge in [0, 0.05) is 12.5 Å². The van der Waals surface area contributed by atoms with Gasteiger partial charge in [-0.25, -0.2) is 4.39 Å². The Balaban J connectivity index is 2.00. The zero-order valence-electron chi connectivity index (χ0n) is 9.86. The molecule has 1 fully saturated rings. The van der Waals surface area contributed by atoms with Gasteiger partial charge in [-0.1, -0.05) is 6.07 Å². The molecule has 0 saturated carbocycles. The molecule has 1 aromatic carbocycles. The molecule has 1 aromatic rings. The molecule has 0 spiro atoms. The van der Waals surface area contributed by atoms with Crippen LogP contribution in [0.3, 0.4) is 0 Å². The van der Waals surface area contributed by atoms with Crippen molar-refractivity contribution < 1.29 is 19.0 Å². The van der Waals surface area contributed by atoms with E-state index in [2.05, 4.69) is 0 Å². The molecule has 0 aliphatic carbocycles. The van der Waals surface area contributed by atoms with Crippen molar-refractivity contribution in [1.82, 2.24) is 0 Å². The van der Waals surface area contributed by atoms with Crippen LogP contribution in [-0.2, 0) is 11.2 Å². The van der Waals surface area contributed by atoms with E-state index in [4.69, 9.17) is 9.47 Å². The van der Waals surface area contributed by atoms with E-state index < -0.39 is 6.10 Å². The minimum absolute atomic E-state index is 0.167. The lowest BCUT2D eigenvalue weighted by atomic mass is 9.95. The van der Waals surface area contributed by atoms with Gasteiger partial charge in [-0.3, -0.25) is 0 Å². The highest BCUT2D eigenvalue weighted by atomic mass is 19.1. The molecule has 2 atom stereocenters. The maximum Gasteiger partial charge on any atom is 0.165 e. The summed E-state index contributed by atoms with van der Waals surface area (Å²) < 4.78 is 23.5. The summed E-state index contributed by atoms with van der Waals surface area (Å²) in [6.45, 7) is 1.30. The molecule has 17 heavy (non-hydrogen) atoms. The molecule has 1 saturated heterocycles. The van der Waals surface area contributed by atoms with Crippen LogP contribution in [0.1, 0.15) is 12.0 Å². The van der Waals surface area contributed by atoms with Crippen LogP contribution in [-0.4, -0.2) is 31.5 Å². The van der Waals surface area contributed by atoms with Crippen molar-refractivity contribution in [3.05, 3.63) is 29.6 Å². The molecule has 1 aliphatic heterocycles. The number of benzene rings is 1. The molecule has 2 unspecified atom stereocenters. The van der Waals surface area contributed by atoms with Crippen molar-refractivity contribution in [2.45, 2.75) is 18.9 Å². The Bertz CT molecular complexity index is 375. The fourth-order valence-corrected chi connectivity index (χ4v) is 2.10. The highest BCUT2D eigenvalue weighted by molar-refractivity contribution is 5.29. The molecule has 1 heterocycles. The summed E-state index contributed by atoms with van der Waals surface area (Å²) in [7, 11) is 1.43. The quantitative estimate of drug-likeness (QED) is 0.871. The third-order valence-corrected chi connectivity index (χ3v) is 3.17. The second kappa shape index (κ2) is 5.47. The Labute approximate surface area is 100 Å². The average Bonchev–Trinajstić information content (AvgIpc) is 2.82. The van der Waals surface area contributed by atoms with Crippen LogP contribution >= 0.6 is 0 Å². The van der Waals surface area contributed by atoms with Crippen LogP contribution in [0.25, 0.3) is 0 Å². The number of aliphatic hydroxyl groups excluding tert-OH is 1. The molecule has 1 N–H and O–H groups in total. The maximum atomic E-state index is 13.4. The smallest absolute Gasteiger partial charge is 0.165 e. The number of methoxy groups -OCH3 is 1. The molecule has 4 heteroatoms. The van der Waals surface area contributed by atoms with Gasteiger partial charge in [-0.05, 0) is 30.5 Å². The third kappa shape index (κ3) is 2.96. The second-order valence-electron chi connectivity index (χ2n) is 4.36. The minimum Gasteiger partial charge on any atom is -0.494 e. The number of hydrogen-bond acceptors (Lipinski definition) is 3. The topological polar surface area (TPSA) is 38.7 Å². The number of ether oxygens (including phenoxy) is 2. The average molecular weight is 240 g/mol. The number of aliphatic hydroxyl groups is 1. The molecule has 2 rings (SSSR count). The van der Waals surface area contributed by atoms with E-state index in [0.29, 0.717) is 19.6 Å². The Morgan fingerprint density at radius 3 is 3.00 bits per heavy atom. The molecule has 94 valence electrons. The van der Waals surface area contributed by atoms with Crippen LogP contribution in [0.5, 0.6) is 5.75 Å². The fraction of sp³-hybridized carbons (Fsp3) is 0.538. The molecule has 1 aliphatic rings. The second-order valence-corrected chi connectivity index (χ2v) is 4.36. The first-order valence-corrected chi connectivity index (χ1v) is 5.79. The van der Waals surface area contributed by atoms with Gasteiger partial charge in [0.1, 0.15) is 0 Å². The van der Waals surface area contributed by atoms with Gasteiger partial charge >= 0.3 is 0 Å². The van der Waals surface area contributed by atoms with Gasteiger partial charge in [0.2, 0.25) is 0 Å². The summed E-state index contributed by atoms with van der Waals surface area (Å²) in [5.41, 5.74) is 0.780. The lowest BCUT2D eigenvalue weighted by molar-refractivity contribution is 0.0918. The maximum absolute atomic E-state index is 13.4. The van der Waals surface area contributed by atoms with E-state index in [0.717, 1.165) is 12.0 Å². The van der Waals surface area contributed by atoms with Gasteiger partial charge in [-0.15, -0.1) is 0 Å². The van der Waals surface area contributed by atoms with Gasteiger partial charge in [-0.2, -0.15) is 0 Å². The van der Waals surface area contributed by atoms with Crippen molar-refractivity contribution in [1.29, 1.82) is 0 Å². The van der Waals surface area contributed by atoms with Crippen LogP contribution < -0.4 is 4.74 Å². The lowest BCUT2D eigenvalue weighted by Crippen LogP contribution is -2.23. The van der Waals surface area contributed by atoms with Gasteiger partial charge in [0.25, 0.3) is 0 Å². The molecule has 0 aromatic heterocycles. The summed E-state index contributed by atoms with van der Waals surface area (Å²) in [6, 6.07) is 4.78. The minimum atomic E-state index is -0.467. The SMILES string of the molecule is COc1ccc(CC(O)C2CCOC2)cc1F. The predicted molar refractivity (Wildman–Crippen MR) is 61.6 cm³/mol. The predicted octanol–water partition coefficient (Wildman–Crippen LogP) is 1.77. The van der Waals surface area contributed by atoms with E-state index >= 15 is 0 Å². The Hall–Kier alpha value is -1.13. The Morgan fingerprint density at radius 2 is 2.41 bits per heavy atom. The standard InChI is InChI=1S/C13H17FO3/c1-16-13-3-2-9(6-11(13)14)7-12(15)10-4-5-17-8-10/h2-3,6,10,12,15H,4-5,7-8H2,1H3. The van der Waals surface area contributed by atoms with Gasteiger partial charge in [0.15, 0.2) is 11.6 Å². The van der Waals surface area contributed by atoms with E-state index in [1.54, 1.807) is 12.1 Å². The normalized spacial score (nSPS) is 21.5. The highest BCUT2D eigenvalue weighted by Crippen LogP contribution is 2.22. The van der Waals surface area contributed by atoms with Crippen LogP contribution in [0.2, 0.25) is 0 Å². The molecular weight excluding hydrogens is 223 g/mol. The number of rotatable bonds is 4. The van der Waals surface area contributed by atoms with Gasteiger partial charge in [0.05, 0.1) is 19.8 Å². The Kier molecular flexibility index (Phi) is 3.97. The molecule has 0 radical (unpaired) electrons. The van der Waals surface area contributed by atoms with E-state index in [1.165, 1.54) is 13.2 Å². The largest absolute Gasteiger partial charge is 0.494 e. The first-order chi connectivity index (χ1) is 8.20. The van der Waals surface area contributed by atoms with Crippen LogP contribution in [0.4, 0.5) is 4.39 Å². The monoisotopic (exact) mass is 240 g/mol. The highest BCUT2D eigenvalue weighted by Gasteiger charge is 2.24. The van der Waals surface area contributed by atoms with Crippen LogP contribution in [0.15, 0.2) is 18.2 Å². The van der Waals surface area contributed by atoms with Crippen molar-refractivity contribution in [3.63, 3.8) is 0 Å². The third-order valence-electron chi connectivity index (χ3n) is 3.17. The molecule has 0 bridgehead atoms. The first kappa shape index (κ1) is 12.3. The number of hydrogen-bond donors (Lipinski definition) is 1. The summed E-state index contributed by atoms with van der Waals surface area (Å²) in [5.74, 6) is 0.00692. The van der Waals surface area contributed by atoms with E-state index in [-0.39, 0.29) is 17.5 Å². The summed E-state index contributed by atoms with van der Waals surface area (Å²) in [5, 5.41) is 9.99. The zero-order valence-corrected chi connectivity index (χ0v) is 9.86. The van der Waals surface area contributed by atoms with Crippen molar-refractivity contribution in [3.8, 4) is 5.75 Å². The fourth-order valence-electron chi connectivity index (χ4n) is 2.10. The molecule has 3 nitrogen and oxygen atoms in total. The summed E-state index contributed by atoms with van der Waals surface area (Å²) in [4.78, 5) is 0. The van der Waals surface area contributed by atoms with Gasteiger partial charge < -0.3 is 14.6 Å². The van der Waals surface area contributed by atoms with Crippen LogP contribution in [0, 0.1) is 11.7 Å². The van der Waals surface area contributed by atoms with E-state index in [1.807, 2.05) is 0 Å². The van der Waals surface area contributed by atoms with E-state index in [9.17, 15) is 9.50 Å². The van der Waals surface area contributed by atoms with Crippen molar-refractivity contribution >= 4 is 0 Å². The first-order valence-electron chi connectivity index (χ1n) is 5.79. The Morgan fingerprint density at radius 1 is 1.59 bits per heavy atom. The zero-order chi connectivity index (χ0) is 12.3. The number of halogens is 1. The lowest BCUT2D eigenvalue weighted by Gasteiger charge is -2.16. The van der Waals surface area contributed by atoms with Crippen molar-refractivity contribution in [2.75, 3.05) is 20.3 Å². The molecular formula is C13H17FO3. The molecule has 0 amide bonds. The summed E-state index contributed by atoms with van der Waals surface area (Å²) >= 11 is 0.